The Hall–Kier alpha value is -3.31. The van der Waals surface area contributed by atoms with Gasteiger partial charge in [-0.3, -0.25) is 19.4 Å². The van der Waals surface area contributed by atoms with Gasteiger partial charge in [0, 0.05) is 24.5 Å². The molecule has 11 heteroatoms. The molecule has 1 N–H and O–H groups in total. The predicted molar refractivity (Wildman–Crippen MR) is 136 cm³/mol. The Morgan fingerprint density at radius 1 is 1.19 bits per heavy atom. The van der Waals surface area contributed by atoms with Crippen LogP contribution in [0, 0.1) is 5.92 Å². The standard InChI is InChI=1S/C26H32N4O6S/c1-17(2)13-21(28-25(32)19-6-8-20(36-3)9-7-19)26(33)29-12-10-22-24(29)23(31)15-30(22)37(34,35)16-18-5-4-11-27-14-18/h4-9,11,14,17,21-22,24H,10,12-13,15-16H2,1-3H3,(H,28,32). The Morgan fingerprint density at radius 3 is 2.54 bits per heavy atom. The molecular weight excluding hydrogens is 496 g/mol. The maximum Gasteiger partial charge on any atom is 0.251 e. The summed E-state index contributed by atoms with van der Waals surface area (Å²) in [5, 5.41) is 2.83. The number of likely N-dealkylation sites (tertiary alicyclic amines) is 1. The molecule has 37 heavy (non-hydrogen) atoms. The molecule has 2 saturated heterocycles. The van der Waals surface area contributed by atoms with Crippen LogP contribution in [0.1, 0.15) is 42.6 Å². The van der Waals surface area contributed by atoms with E-state index < -0.39 is 34.1 Å². The van der Waals surface area contributed by atoms with Crippen molar-refractivity contribution >= 4 is 27.6 Å². The maximum absolute atomic E-state index is 13.6. The summed E-state index contributed by atoms with van der Waals surface area (Å²) in [4.78, 5) is 45.0. The van der Waals surface area contributed by atoms with Crippen LogP contribution in [-0.2, 0) is 25.4 Å². The highest BCUT2D eigenvalue weighted by Gasteiger charge is 2.54. The van der Waals surface area contributed by atoms with Gasteiger partial charge in [0.15, 0.2) is 5.78 Å². The van der Waals surface area contributed by atoms with Crippen molar-refractivity contribution in [3.05, 3.63) is 59.9 Å². The fraction of sp³-hybridized carbons (Fsp3) is 0.462. The van der Waals surface area contributed by atoms with E-state index in [1.807, 2.05) is 13.8 Å². The molecular formula is C26H32N4O6S. The number of hydrogen-bond donors (Lipinski definition) is 1. The zero-order valence-electron chi connectivity index (χ0n) is 21.2. The fourth-order valence-corrected chi connectivity index (χ4v) is 6.75. The van der Waals surface area contributed by atoms with E-state index in [1.54, 1.807) is 42.6 Å². The first-order valence-corrected chi connectivity index (χ1v) is 13.9. The van der Waals surface area contributed by atoms with E-state index in [0.29, 0.717) is 29.7 Å². The van der Waals surface area contributed by atoms with Crippen LogP contribution >= 0.6 is 0 Å². The van der Waals surface area contributed by atoms with Gasteiger partial charge in [-0.25, -0.2) is 8.42 Å². The van der Waals surface area contributed by atoms with Gasteiger partial charge in [0.1, 0.15) is 17.8 Å². The number of methoxy groups -OCH3 is 1. The third kappa shape index (κ3) is 5.83. The Bertz CT molecular complexity index is 1250. The van der Waals surface area contributed by atoms with Crippen LogP contribution in [0.15, 0.2) is 48.8 Å². The van der Waals surface area contributed by atoms with Crippen molar-refractivity contribution < 1.29 is 27.5 Å². The molecule has 4 rings (SSSR count). The molecule has 2 amide bonds. The van der Waals surface area contributed by atoms with Crippen LogP contribution < -0.4 is 10.1 Å². The number of benzene rings is 1. The lowest BCUT2D eigenvalue weighted by molar-refractivity contribution is -0.138. The summed E-state index contributed by atoms with van der Waals surface area (Å²) in [7, 11) is -2.26. The van der Waals surface area contributed by atoms with Crippen molar-refractivity contribution in [3.8, 4) is 5.75 Å². The molecule has 3 unspecified atom stereocenters. The minimum Gasteiger partial charge on any atom is -0.497 e. The minimum absolute atomic E-state index is 0.0964. The zero-order valence-corrected chi connectivity index (χ0v) is 22.0. The van der Waals surface area contributed by atoms with Gasteiger partial charge in [-0.05, 0) is 54.7 Å². The highest BCUT2D eigenvalue weighted by atomic mass is 32.2. The summed E-state index contributed by atoms with van der Waals surface area (Å²) in [6.07, 6.45) is 3.79. The topological polar surface area (TPSA) is 126 Å². The van der Waals surface area contributed by atoms with E-state index in [9.17, 15) is 22.8 Å². The number of aromatic nitrogens is 1. The molecule has 3 heterocycles. The molecule has 0 aliphatic carbocycles. The molecule has 0 bridgehead atoms. The average Bonchev–Trinajstić information content (AvgIpc) is 3.45. The van der Waals surface area contributed by atoms with Crippen molar-refractivity contribution in [2.45, 2.75) is 50.6 Å². The van der Waals surface area contributed by atoms with Gasteiger partial charge in [-0.2, -0.15) is 4.31 Å². The van der Waals surface area contributed by atoms with E-state index >= 15 is 0 Å². The van der Waals surface area contributed by atoms with Crippen LogP contribution in [0.5, 0.6) is 5.75 Å². The normalized spacial score (nSPS) is 20.6. The molecule has 2 aliphatic rings. The summed E-state index contributed by atoms with van der Waals surface area (Å²) in [5.41, 5.74) is 0.911. The van der Waals surface area contributed by atoms with E-state index in [4.69, 9.17) is 4.74 Å². The molecule has 2 aromatic rings. The van der Waals surface area contributed by atoms with Gasteiger partial charge >= 0.3 is 0 Å². The number of amides is 2. The molecule has 0 radical (unpaired) electrons. The summed E-state index contributed by atoms with van der Waals surface area (Å²) in [6, 6.07) is 7.57. The van der Waals surface area contributed by atoms with Crippen LogP contribution in [-0.4, -0.2) is 78.5 Å². The van der Waals surface area contributed by atoms with Crippen molar-refractivity contribution in [3.63, 3.8) is 0 Å². The number of nitrogens with one attached hydrogen (secondary N) is 1. The number of sulfonamides is 1. The number of hydrogen-bond acceptors (Lipinski definition) is 7. The van der Waals surface area contributed by atoms with Crippen molar-refractivity contribution in [2.24, 2.45) is 5.92 Å². The molecule has 0 spiro atoms. The Morgan fingerprint density at radius 2 is 1.92 bits per heavy atom. The van der Waals surface area contributed by atoms with Crippen LogP contribution in [0.3, 0.4) is 0 Å². The van der Waals surface area contributed by atoms with Crippen molar-refractivity contribution in [2.75, 3.05) is 20.2 Å². The lowest BCUT2D eigenvalue weighted by Gasteiger charge is -2.29. The molecule has 1 aromatic carbocycles. The monoisotopic (exact) mass is 528 g/mol. The predicted octanol–water partition coefficient (Wildman–Crippen LogP) is 1.62. The number of nitrogens with zero attached hydrogens (tertiary/aromatic N) is 3. The maximum atomic E-state index is 13.6. The molecule has 198 valence electrons. The van der Waals surface area contributed by atoms with E-state index in [1.165, 1.54) is 22.5 Å². The van der Waals surface area contributed by atoms with Gasteiger partial charge in [0.2, 0.25) is 15.9 Å². The molecule has 0 saturated carbocycles. The van der Waals surface area contributed by atoms with Gasteiger partial charge in [-0.15, -0.1) is 0 Å². The highest BCUT2D eigenvalue weighted by Crippen LogP contribution is 2.33. The van der Waals surface area contributed by atoms with Crippen LogP contribution in [0.4, 0.5) is 0 Å². The molecule has 10 nitrogen and oxygen atoms in total. The smallest absolute Gasteiger partial charge is 0.251 e. The average molecular weight is 529 g/mol. The largest absolute Gasteiger partial charge is 0.497 e. The second-order valence-corrected chi connectivity index (χ2v) is 11.8. The van der Waals surface area contributed by atoms with Gasteiger partial charge in [0.05, 0.1) is 25.4 Å². The number of ketones is 1. The van der Waals surface area contributed by atoms with Gasteiger partial charge in [0.25, 0.3) is 5.91 Å². The Labute approximate surface area is 217 Å². The second-order valence-electron chi connectivity index (χ2n) is 9.85. The summed E-state index contributed by atoms with van der Waals surface area (Å²) >= 11 is 0. The Balaban J connectivity index is 1.50. The number of carbonyl (C=O) groups is 3. The molecule has 1 aromatic heterocycles. The number of fused-ring (bicyclic) bond motifs is 1. The van der Waals surface area contributed by atoms with Crippen molar-refractivity contribution in [1.29, 1.82) is 0 Å². The second kappa shape index (κ2) is 11.0. The SMILES string of the molecule is COc1ccc(C(=O)NC(CC(C)C)C(=O)N2CCC3C2C(=O)CN3S(=O)(=O)Cc2cccnc2)cc1. The number of carbonyl (C=O) groups excluding carboxylic acids is 3. The lowest BCUT2D eigenvalue weighted by atomic mass is 10.0. The highest BCUT2D eigenvalue weighted by molar-refractivity contribution is 7.88. The third-order valence-electron chi connectivity index (χ3n) is 6.75. The summed E-state index contributed by atoms with van der Waals surface area (Å²) < 4.78 is 32.7. The number of ether oxygens (including phenoxy) is 1. The van der Waals surface area contributed by atoms with Crippen molar-refractivity contribution in [1.82, 2.24) is 19.5 Å². The third-order valence-corrected chi connectivity index (χ3v) is 8.57. The van der Waals surface area contributed by atoms with E-state index in [2.05, 4.69) is 10.3 Å². The first-order valence-electron chi connectivity index (χ1n) is 12.3. The number of pyridine rings is 1. The summed E-state index contributed by atoms with van der Waals surface area (Å²) in [6.45, 7) is 3.86. The van der Waals surface area contributed by atoms with Crippen LogP contribution in [0.2, 0.25) is 0 Å². The Kier molecular flexibility index (Phi) is 7.93. The van der Waals surface area contributed by atoms with E-state index in [0.717, 1.165) is 0 Å². The minimum atomic E-state index is -3.79. The molecule has 2 aliphatic heterocycles. The number of rotatable bonds is 9. The molecule has 2 fully saturated rings. The number of Topliss-reactive ketones (excluding diaryl/α,β-unsaturated/α-hetero) is 1. The summed E-state index contributed by atoms with van der Waals surface area (Å²) in [5.74, 6) is -0.648. The quantitative estimate of drug-likeness (QED) is 0.524. The molecule has 3 atom stereocenters. The lowest BCUT2D eigenvalue weighted by Crippen LogP contribution is -2.53. The first-order chi connectivity index (χ1) is 17.6. The fourth-order valence-electron chi connectivity index (χ4n) is 5.04. The van der Waals surface area contributed by atoms with Gasteiger partial charge in [-0.1, -0.05) is 19.9 Å². The van der Waals surface area contributed by atoms with Gasteiger partial charge < -0.3 is 15.0 Å². The van der Waals surface area contributed by atoms with E-state index in [-0.39, 0.29) is 36.5 Å². The van der Waals surface area contributed by atoms with Crippen LogP contribution in [0.25, 0.3) is 0 Å². The first kappa shape index (κ1) is 26.7. The zero-order chi connectivity index (χ0) is 26.7.